The van der Waals surface area contributed by atoms with Crippen molar-refractivity contribution in [1.82, 2.24) is 0 Å². The molecule has 19 heavy (non-hydrogen) atoms. The molecule has 0 aromatic heterocycles. The molecular formula is C18H34N+. The zero-order valence-corrected chi connectivity index (χ0v) is 14.0. The van der Waals surface area contributed by atoms with Gasteiger partial charge in [-0.3, -0.25) is 0 Å². The predicted molar refractivity (Wildman–Crippen MR) is 84.8 cm³/mol. The third-order valence-electron chi connectivity index (χ3n) is 5.76. The van der Waals surface area contributed by atoms with Crippen molar-refractivity contribution in [3.8, 4) is 12.3 Å². The molecule has 0 N–H and O–H groups in total. The summed E-state index contributed by atoms with van der Waals surface area (Å²) in [5, 5.41) is 0. The molecule has 0 aromatic rings. The van der Waals surface area contributed by atoms with Crippen molar-refractivity contribution in [3.05, 3.63) is 0 Å². The van der Waals surface area contributed by atoms with Crippen LogP contribution >= 0.6 is 0 Å². The van der Waals surface area contributed by atoms with Crippen LogP contribution in [-0.2, 0) is 0 Å². The lowest BCUT2D eigenvalue weighted by molar-refractivity contribution is -0.906. The van der Waals surface area contributed by atoms with Gasteiger partial charge in [-0.2, -0.15) is 0 Å². The van der Waals surface area contributed by atoms with E-state index in [0.717, 1.165) is 22.9 Å². The molecule has 1 fully saturated rings. The van der Waals surface area contributed by atoms with E-state index in [1.165, 1.54) is 32.1 Å². The van der Waals surface area contributed by atoms with Crippen LogP contribution in [0.3, 0.4) is 0 Å². The maximum absolute atomic E-state index is 5.49. The lowest BCUT2D eigenvalue weighted by Crippen LogP contribution is -2.48. The molecule has 0 aromatic carbocycles. The van der Waals surface area contributed by atoms with Gasteiger partial charge in [-0.15, -0.1) is 6.42 Å². The van der Waals surface area contributed by atoms with Gasteiger partial charge in [0, 0.05) is 0 Å². The van der Waals surface area contributed by atoms with Crippen LogP contribution in [-0.4, -0.2) is 31.2 Å². The first-order chi connectivity index (χ1) is 8.70. The Kier molecular flexibility index (Phi) is 5.51. The largest absolute Gasteiger partial charge is 0.316 e. The summed E-state index contributed by atoms with van der Waals surface area (Å²) in [6.07, 6.45) is 12.4. The first-order valence-corrected chi connectivity index (χ1v) is 7.97. The minimum atomic E-state index is 0.528. The van der Waals surface area contributed by atoms with Crippen molar-refractivity contribution in [2.75, 3.05) is 20.6 Å². The summed E-state index contributed by atoms with van der Waals surface area (Å²) < 4.78 is 0.956. The fourth-order valence-electron chi connectivity index (χ4n) is 3.87. The molecule has 1 saturated carbocycles. The molecule has 0 amide bonds. The maximum Gasteiger partial charge on any atom is 0.140 e. The first-order valence-electron chi connectivity index (χ1n) is 7.97. The molecule has 1 aliphatic rings. The van der Waals surface area contributed by atoms with Crippen LogP contribution < -0.4 is 0 Å². The van der Waals surface area contributed by atoms with E-state index < -0.39 is 0 Å². The minimum absolute atomic E-state index is 0.528. The second kappa shape index (κ2) is 6.31. The Balaban J connectivity index is 2.58. The van der Waals surface area contributed by atoms with E-state index in [2.05, 4.69) is 47.7 Å². The van der Waals surface area contributed by atoms with E-state index in [1.54, 1.807) is 0 Å². The Hall–Kier alpha value is -0.480. The number of rotatable bonds is 5. The zero-order valence-electron chi connectivity index (χ0n) is 14.0. The molecule has 0 aliphatic heterocycles. The van der Waals surface area contributed by atoms with E-state index in [4.69, 9.17) is 6.42 Å². The predicted octanol–water partition coefficient (Wildman–Crippen LogP) is 4.33. The topological polar surface area (TPSA) is 0 Å². The van der Waals surface area contributed by atoms with Crippen LogP contribution in [0.2, 0.25) is 0 Å². The van der Waals surface area contributed by atoms with E-state index in [1.807, 2.05) is 0 Å². The summed E-state index contributed by atoms with van der Waals surface area (Å²) in [7, 11) is 4.53. The molecule has 1 rings (SSSR count). The fourth-order valence-corrected chi connectivity index (χ4v) is 3.87. The molecule has 3 atom stereocenters. The van der Waals surface area contributed by atoms with Crippen molar-refractivity contribution < 1.29 is 4.48 Å². The lowest BCUT2D eigenvalue weighted by Gasteiger charge is -2.44. The van der Waals surface area contributed by atoms with Gasteiger partial charge < -0.3 is 4.48 Å². The highest BCUT2D eigenvalue weighted by Crippen LogP contribution is 2.46. The van der Waals surface area contributed by atoms with Gasteiger partial charge in [0.2, 0.25) is 0 Å². The summed E-state index contributed by atoms with van der Waals surface area (Å²) in [6, 6.07) is 0.654. The molecule has 1 nitrogen and oxygen atoms in total. The van der Waals surface area contributed by atoms with Crippen LogP contribution in [0.1, 0.15) is 59.8 Å². The van der Waals surface area contributed by atoms with Gasteiger partial charge in [-0.1, -0.05) is 33.6 Å². The third kappa shape index (κ3) is 4.25. The van der Waals surface area contributed by atoms with Gasteiger partial charge in [-0.05, 0) is 49.4 Å². The van der Waals surface area contributed by atoms with Gasteiger partial charge in [0.15, 0.2) is 0 Å². The lowest BCUT2D eigenvalue weighted by atomic mass is 9.62. The summed E-state index contributed by atoms with van der Waals surface area (Å²) >= 11 is 0. The third-order valence-corrected chi connectivity index (χ3v) is 5.76. The summed E-state index contributed by atoms with van der Waals surface area (Å²) in [6.45, 7) is 10.6. The standard InChI is InChI=1S/C18H34N/c1-8-14-19(6,7)16(3)11-12-17-15(2)10-9-13-18(17,4)5/h1,15-17H,9-14H2,2-7H3/q+1. The number of hydrogen-bond acceptors (Lipinski definition) is 0. The van der Waals surface area contributed by atoms with Crippen LogP contribution in [0, 0.1) is 29.6 Å². The summed E-state index contributed by atoms with van der Waals surface area (Å²) in [5.74, 6) is 4.60. The normalized spacial score (nSPS) is 28.7. The van der Waals surface area contributed by atoms with Crippen molar-refractivity contribution in [1.29, 1.82) is 0 Å². The van der Waals surface area contributed by atoms with Gasteiger partial charge in [0.25, 0.3) is 0 Å². The smallest absolute Gasteiger partial charge is 0.140 e. The van der Waals surface area contributed by atoms with Crippen molar-refractivity contribution in [3.63, 3.8) is 0 Å². The second-order valence-electron chi connectivity index (χ2n) is 8.03. The van der Waals surface area contributed by atoms with Gasteiger partial charge in [0.1, 0.15) is 6.54 Å². The van der Waals surface area contributed by atoms with Crippen molar-refractivity contribution in [2.45, 2.75) is 65.8 Å². The molecule has 3 unspecified atom stereocenters. The summed E-state index contributed by atoms with van der Waals surface area (Å²) in [5.41, 5.74) is 0.528. The minimum Gasteiger partial charge on any atom is -0.316 e. The molecule has 0 heterocycles. The monoisotopic (exact) mass is 264 g/mol. The zero-order chi connectivity index (χ0) is 14.7. The van der Waals surface area contributed by atoms with Gasteiger partial charge in [0.05, 0.1) is 20.1 Å². The number of terminal acetylenes is 1. The molecule has 0 radical (unpaired) electrons. The Labute approximate surface area is 121 Å². The van der Waals surface area contributed by atoms with E-state index in [-0.39, 0.29) is 0 Å². The Morgan fingerprint density at radius 3 is 2.53 bits per heavy atom. The fraction of sp³-hybridized carbons (Fsp3) is 0.889. The van der Waals surface area contributed by atoms with Gasteiger partial charge in [-0.25, -0.2) is 0 Å². The molecule has 0 spiro atoms. The highest BCUT2D eigenvalue weighted by Gasteiger charge is 2.37. The molecule has 0 bridgehead atoms. The molecule has 1 aliphatic carbocycles. The second-order valence-corrected chi connectivity index (χ2v) is 8.03. The number of hydrogen-bond donors (Lipinski definition) is 0. The van der Waals surface area contributed by atoms with Crippen molar-refractivity contribution in [2.24, 2.45) is 17.3 Å². The Bertz CT molecular complexity index is 321. The van der Waals surface area contributed by atoms with Crippen LogP contribution in [0.25, 0.3) is 0 Å². The quantitative estimate of drug-likeness (QED) is 0.512. The van der Waals surface area contributed by atoms with Gasteiger partial charge >= 0.3 is 0 Å². The SMILES string of the molecule is C#CC[N+](C)(C)C(C)CCC1C(C)CCCC1(C)C. The van der Waals surface area contributed by atoms with Crippen LogP contribution in [0.4, 0.5) is 0 Å². The van der Waals surface area contributed by atoms with E-state index >= 15 is 0 Å². The molecule has 1 heteroatoms. The number of quaternary nitrogens is 1. The highest BCUT2D eigenvalue weighted by molar-refractivity contribution is 4.87. The van der Waals surface area contributed by atoms with Crippen LogP contribution in [0.15, 0.2) is 0 Å². The Morgan fingerprint density at radius 1 is 1.37 bits per heavy atom. The van der Waals surface area contributed by atoms with Crippen molar-refractivity contribution >= 4 is 0 Å². The summed E-state index contributed by atoms with van der Waals surface area (Å²) in [4.78, 5) is 0. The average molecular weight is 264 g/mol. The molecule has 0 saturated heterocycles. The average Bonchev–Trinajstić information content (AvgIpc) is 2.27. The maximum atomic E-state index is 5.49. The molecule has 110 valence electrons. The molecular weight excluding hydrogens is 230 g/mol. The van der Waals surface area contributed by atoms with E-state index in [0.29, 0.717) is 11.5 Å². The highest BCUT2D eigenvalue weighted by atomic mass is 15.3. The van der Waals surface area contributed by atoms with E-state index in [9.17, 15) is 0 Å². The Morgan fingerprint density at radius 2 is 2.00 bits per heavy atom. The number of nitrogens with zero attached hydrogens (tertiary/aromatic N) is 1. The first kappa shape index (κ1) is 16.6. The van der Waals surface area contributed by atoms with Crippen LogP contribution in [0.5, 0.6) is 0 Å².